The zero-order chi connectivity index (χ0) is 10.1. The summed E-state index contributed by atoms with van der Waals surface area (Å²) in [6.07, 6.45) is 1.77. The molecule has 0 atom stereocenters. The van der Waals surface area contributed by atoms with E-state index in [1.54, 1.807) is 6.20 Å². The summed E-state index contributed by atoms with van der Waals surface area (Å²) in [5, 5.41) is 0. The van der Waals surface area contributed by atoms with Crippen LogP contribution in [0.2, 0.25) is 0 Å². The van der Waals surface area contributed by atoms with Crippen molar-refractivity contribution in [2.75, 3.05) is 19.0 Å². The molecule has 0 spiro atoms. The lowest BCUT2D eigenvalue weighted by Crippen LogP contribution is -2.10. The average Bonchev–Trinajstić information content (AvgIpc) is 2.16. The van der Waals surface area contributed by atoms with Gasteiger partial charge in [-0.2, -0.15) is 0 Å². The molecule has 1 heterocycles. The highest BCUT2D eigenvalue weighted by molar-refractivity contribution is 9.10. The van der Waals surface area contributed by atoms with Crippen LogP contribution >= 0.6 is 15.9 Å². The summed E-state index contributed by atoms with van der Waals surface area (Å²) >= 11 is 3.41. The summed E-state index contributed by atoms with van der Waals surface area (Å²) < 4.78 is 1.02. The van der Waals surface area contributed by atoms with Crippen LogP contribution in [0.4, 0.5) is 5.82 Å². The lowest BCUT2D eigenvalue weighted by atomic mass is 10.3. The van der Waals surface area contributed by atoms with Gasteiger partial charge in [0.1, 0.15) is 5.82 Å². The predicted octanol–water partition coefficient (Wildman–Crippen LogP) is 2.46. The van der Waals surface area contributed by atoms with Gasteiger partial charge >= 0.3 is 0 Å². The van der Waals surface area contributed by atoms with E-state index in [0.717, 1.165) is 21.3 Å². The normalized spacial score (nSPS) is 10.5. The van der Waals surface area contributed by atoms with E-state index < -0.39 is 0 Å². The number of rotatable bonds is 1. The lowest BCUT2D eigenvalue weighted by molar-refractivity contribution is 1.06. The minimum atomic E-state index is 0.871. The molecule has 0 amide bonds. The third-order valence-corrected chi connectivity index (χ3v) is 2.44. The summed E-state index contributed by atoms with van der Waals surface area (Å²) in [6, 6.07) is 5.88. The summed E-state index contributed by atoms with van der Waals surface area (Å²) in [5.74, 6) is 0.871. The number of fused-ring (bicyclic) bond motifs is 1. The van der Waals surface area contributed by atoms with Gasteiger partial charge in [0, 0.05) is 18.6 Å². The molecular formula is C10H10BrN3. The molecule has 72 valence electrons. The second kappa shape index (κ2) is 3.53. The Morgan fingerprint density at radius 2 is 2.00 bits per heavy atom. The molecule has 0 unspecified atom stereocenters. The Balaban J connectivity index is 2.63. The van der Waals surface area contributed by atoms with Crippen molar-refractivity contribution in [2.45, 2.75) is 0 Å². The Kier molecular flexibility index (Phi) is 2.37. The lowest BCUT2D eigenvalue weighted by Gasteiger charge is -2.10. The van der Waals surface area contributed by atoms with Gasteiger partial charge in [0.2, 0.25) is 0 Å². The van der Waals surface area contributed by atoms with Gasteiger partial charge in [-0.3, -0.25) is 4.98 Å². The van der Waals surface area contributed by atoms with E-state index in [4.69, 9.17) is 0 Å². The van der Waals surface area contributed by atoms with Crippen LogP contribution in [-0.2, 0) is 0 Å². The predicted molar refractivity (Wildman–Crippen MR) is 61.6 cm³/mol. The molecule has 0 saturated heterocycles. The summed E-state index contributed by atoms with van der Waals surface area (Å²) in [5.41, 5.74) is 1.82. The van der Waals surface area contributed by atoms with E-state index in [1.165, 1.54) is 0 Å². The Bertz CT molecular complexity index is 468. The largest absolute Gasteiger partial charge is 0.361 e. The standard InChI is InChI=1S/C10H10BrN3/c1-14(2)10-6-12-8-4-3-7(11)5-9(8)13-10/h3-6H,1-2H3. The molecule has 0 aliphatic heterocycles. The van der Waals surface area contributed by atoms with Gasteiger partial charge in [-0.1, -0.05) is 15.9 Å². The van der Waals surface area contributed by atoms with Gasteiger partial charge in [0.05, 0.1) is 17.2 Å². The number of nitrogens with zero attached hydrogens (tertiary/aromatic N) is 3. The van der Waals surface area contributed by atoms with Gasteiger partial charge in [-0.25, -0.2) is 4.98 Å². The smallest absolute Gasteiger partial charge is 0.147 e. The van der Waals surface area contributed by atoms with Crippen molar-refractivity contribution >= 4 is 32.8 Å². The van der Waals surface area contributed by atoms with Crippen LogP contribution in [-0.4, -0.2) is 24.1 Å². The van der Waals surface area contributed by atoms with Gasteiger partial charge in [-0.15, -0.1) is 0 Å². The van der Waals surface area contributed by atoms with Crippen LogP contribution in [0.1, 0.15) is 0 Å². The molecule has 1 aromatic carbocycles. The summed E-state index contributed by atoms with van der Waals surface area (Å²) in [6.45, 7) is 0. The van der Waals surface area contributed by atoms with Crippen molar-refractivity contribution in [3.8, 4) is 0 Å². The Morgan fingerprint density at radius 1 is 1.21 bits per heavy atom. The minimum absolute atomic E-state index is 0.871. The van der Waals surface area contributed by atoms with Crippen molar-refractivity contribution in [3.05, 3.63) is 28.9 Å². The molecular weight excluding hydrogens is 242 g/mol. The van der Waals surface area contributed by atoms with Crippen molar-refractivity contribution < 1.29 is 0 Å². The maximum atomic E-state index is 4.47. The van der Waals surface area contributed by atoms with Gasteiger partial charge in [0.15, 0.2) is 0 Å². The molecule has 4 heteroatoms. The van der Waals surface area contributed by atoms with Gasteiger partial charge in [0.25, 0.3) is 0 Å². The highest BCUT2D eigenvalue weighted by Gasteiger charge is 2.01. The second-order valence-electron chi connectivity index (χ2n) is 3.26. The number of hydrogen-bond donors (Lipinski definition) is 0. The Hall–Kier alpha value is -1.16. The fraction of sp³-hybridized carbons (Fsp3) is 0.200. The highest BCUT2D eigenvalue weighted by atomic mass is 79.9. The second-order valence-corrected chi connectivity index (χ2v) is 4.17. The monoisotopic (exact) mass is 251 g/mol. The molecule has 0 radical (unpaired) electrons. The van der Waals surface area contributed by atoms with Crippen LogP contribution in [0.15, 0.2) is 28.9 Å². The molecule has 1 aromatic heterocycles. The number of halogens is 1. The third-order valence-electron chi connectivity index (χ3n) is 1.95. The third kappa shape index (κ3) is 1.70. The molecule has 0 N–H and O–H groups in total. The number of aromatic nitrogens is 2. The van der Waals surface area contributed by atoms with Crippen LogP contribution < -0.4 is 4.90 Å². The molecule has 0 aliphatic rings. The van der Waals surface area contributed by atoms with E-state index in [1.807, 2.05) is 37.2 Å². The first-order valence-electron chi connectivity index (χ1n) is 4.26. The summed E-state index contributed by atoms with van der Waals surface area (Å²) in [4.78, 5) is 10.7. The van der Waals surface area contributed by atoms with Crippen LogP contribution in [0.3, 0.4) is 0 Å². The van der Waals surface area contributed by atoms with E-state index >= 15 is 0 Å². The number of anilines is 1. The maximum absolute atomic E-state index is 4.47. The SMILES string of the molecule is CN(C)c1cnc2ccc(Br)cc2n1. The zero-order valence-electron chi connectivity index (χ0n) is 8.03. The van der Waals surface area contributed by atoms with Crippen molar-refractivity contribution in [2.24, 2.45) is 0 Å². The first-order valence-corrected chi connectivity index (χ1v) is 5.06. The van der Waals surface area contributed by atoms with Crippen LogP contribution in [0.5, 0.6) is 0 Å². The first kappa shape index (κ1) is 9.40. The Labute approximate surface area is 90.9 Å². The maximum Gasteiger partial charge on any atom is 0.147 e. The van der Waals surface area contributed by atoms with E-state index in [2.05, 4.69) is 25.9 Å². The van der Waals surface area contributed by atoms with Crippen molar-refractivity contribution in [3.63, 3.8) is 0 Å². The van der Waals surface area contributed by atoms with Gasteiger partial charge in [-0.05, 0) is 18.2 Å². The van der Waals surface area contributed by atoms with Crippen LogP contribution in [0.25, 0.3) is 11.0 Å². The Morgan fingerprint density at radius 3 is 2.71 bits per heavy atom. The molecule has 2 aromatic rings. The van der Waals surface area contributed by atoms with Crippen molar-refractivity contribution in [1.29, 1.82) is 0 Å². The number of benzene rings is 1. The molecule has 0 aliphatic carbocycles. The fourth-order valence-electron chi connectivity index (χ4n) is 1.19. The molecule has 0 bridgehead atoms. The first-order chi connectivity index (χ1) is 6.66. The van der Waals surface area contributed by atoms with E-state index in [-0.39, 0.29) is 0 Å². The van der Waals surface area contributed by atoms with Gasteiger partial charge < -0.3 is 4.90 Å². The molecule has 3 nitrogen and oxygen atoms in total. The fourth-order valence-corrected chi connectivity index (χ4v) is 1.54. The number of hydrogen-bond acceptors (Lipinski definition) is 3. The highest BCUT2D eigenvalue weighted by Crippen LogP contribution is 2.18. The topological polar surface area (TPSA) is 29.0 Å². The molecule has 14 heavy (non-hydrogen) atoms. The average molecular weight is 252 g/mol. The minimum Gasteiger partial charge on any atom is -0.361 e. The zero-order valence-corrected chi connectivity index (χ0v) is 9.62. The summed E-state index contributed by atoms with van der Waals surface area (Å²) in [7, 11) is 3.90. The molecule has 0 fully saturated rings. The molecule has 2 rings (SSSR count). The molecule has 0 saturated carbocycles. The van der Waals surface area contributed by atoms with E-state index in [0.29, 0.717) is 0 Å². The van der Waals surface area contributed by atoms with E-state index in [9.17, 15) is 0 Å². The van der Waals surface area contributed by atoms with Crippen LogP contribution in [0, 0.1) is 0 Å². The van der Waals surface area contributed by atoms with Crippen molar-refractivity contribution in [1.82, 2.24) is 9.97 Å². The quantitative estimate of drug-likeness (QED) is 0.780.